The summed E-state index contributed by atoms with van der Waals surface area (Å²) >= 11 is 0. The Morgan fingerprint density at radius 1 is 1.28 bits per heavy atom. The summed E-state index contributed by atoms with van der Waals surface area (Å²) in [5.41, 5.74) is 6.99. The molecule has 18 heavy (non-hydrogen) atoms. The maximum absolute atomic E-state index is 6.01. The second-order valence-electron chi connectivity index (χ2n) is 5.12. The molecule has 3 heteroatoms. The first kappa shape index (κ1) is 13.2. The van der Waals surface area contributed by atoms with Crippen LogP contribution in [0.5, 0.6) is 11.5 Å². The normalized spacial score (nSPS) is 17.7. The minimum Gasteiger partial charge on any atom is -0.496 e. The fourth-order valence-electron chi connectivity index (χ4n) is 2.66. The van der Waals surface area contributed by atoms with Crippen molar-refractivity contribution in [1.82, 2.24) is 0 Å². The van der Waals surface area contributed by atoms with Crippen LogP contribution in [0.25, 0.3) is 0 Å². The molecule has 1 aliphatic carbocycles. The van der Waals surface area contributed by atoms with Gasteiger partial charge in [-0.2, -0.15) is 0 Å². The van der Waals surface area contributed by atoms with Crippen LogP contribution < -0.4 is 15.2 Å². The lowest BCUT2D eigenvalue weighted by Crippen LogP contribution is -2.13. The summed E-state index contributed by atoms with van der Waals surface area (Å²) in [4.78, 5) is 0. The molecule has 0 spiro atoms. The van der Waals surface area contributed by atoms with E-state index in [2.05, 4.69) is 0 Å². The molecular formula is C15H23NO2. The fraction of sp³-hybridized carbons (Fsp3) is 0.600. The maximum atomic E-state index is 6.01. The van der Waals surface area contributed by atoms with E-state index in [9.17, 15) is 0 Å². The third-order valence-electron chi connectivity index (χ3n) is 3.65. The molecule has 0 saturated heterocycles. The zero-order valence-corrected chi connectivity index (χ0v) is 11.3. The van der Waals surface area contributed by atoms with Crippen molar-refractivity contribution in [2.75, 3.05) is 13.7 Å². The molecule has 1 atom stereocenters. The van der Waals surface area contributed by atoms with Gasteiger partial charge in [-0.05, 0) is 37.8 Å². The molecule has 0 bridgehead atoms. The highest BCUT2D eigenvalue weighted by molar-refractivity contribution is 5.46. The van der Waals surface area contributed by atoms with Crippen LogP contribution >= 0.6 is 0 Å². The molecule has 1 aromatic rings. The third kappa shape index (κ3) is 2.96. The molecule has 0 amide bonds. The van der Waals surface area contributed by atoms with Crippen LogP contribution in [0.4, 0.5) is 0 Å². The number of rotatable bonds is 5. The van der Waals surface area contributed by atoms with E-state index < -0.39 is 0 Å². The minimum absolute atomic E-state index is 0.0836. The first-order valence-corrected chi connectivity index (χ1v) is 6.77. The summed E-state index contributed by atoms with van der Waals surface area (Å²) in [7, 11) is 1.67. The molecular weight excluding hydrogens is 226 g/mol. The van der Waals surface area contributed by atoms with Crippen LogP contribution in [0.2, 0.25) is 0 Å². The van der Waals surface area contributed by atoms with Gasteiger partial charge in [0.2, 0.25) is 0 Å². The summed E-state index contributed by atoms with van der Waals surface area (Å²) in [6.07, 6.45) is 5.26. The standard InChI is InChI=1S/C15H23NO2/c1-11(16)15-13(17-2)8-5-9-14(15)18-10-12-6-3-4-7-12/h5,8-9,11-12H,3-4,6-7,10,16H2,1-2H3/t11-/m0/s1. The van der Waals surface area contributed by atoms with Gasteiger partial charge < -0.3 is 15.2 Å². The SMILES string of the molecule is COc1cccc(OCC2CCCC2)c1[C@H](C)N. The van der Waals surface area contributed by atoms with Gasteiger partial charge in [0.05, 0.1) is 19.3 Å². The van der Waals surface area contributed by atoms with Crippen LogP contribution in [0, 0.1) is 5.92 Å². The number of hydrogen-bond acceptors (Lipinski definition) is 3. The molecule has 100 valence electrons. The predicted molar refractivity (Wildman–Crippen MR) is 73.0 cm³/mol. The zero-order chi connectivity index (χ0) is 13.0. The lowest BCUT2D eigenvalue weighted by Gasteiger charge is -2.18. The summed E-state index contributed by atoms with van der Waals surface area (Å²) in [5.74, 6) is 2.39. The molecule has 0 aliphatic heterocycles. The van der Waals surface area contributed by atoms with Gasteiger partial charge in [0.25, 0.3) is 0 Å². The van der Waals surface area contributed by atoms with Gasteiger partial charge >= 0.3 is 0 Å². The largest absolute Gasteiger partial charge is 0.496 e. The maximum Gasteiger partial charge on any atom is 0.127 e. The summed E-state index contributed by atoms with van der Waals surface area (Å²) in [6.45, 7) is 2.76. The van der Waals surface area contributed by atoms with Crippen molar-refractivity contribution >= 4 is 0 Å². The Kier molecular flexibility index (Phi) is 4.48. The Bertz CT molecular complexity index is 384. The van der Waals surface area contributed by atoms with Crippen molar-refractivity contribution in [2.24, 2.45) is 11.7 Å². The lowest BCUT2D eigenvalue weighted by atomic mass is 10.1. The van der Waals surface area contributed by atoms with Crippen molar-refractivity contribution in [2.45, 2.75) is 38.6 Å². The van der Waals surface area contributed by atoms with Gasteiger partial charge in [0.1, 0.15) is 11.5 Å². The smallest absolute Gasteiger partial charge is 0.127 e. The predicted octanol–water partition coefficient (Wildman–Crippen LogP) is 3.28. The molecule has 0 unspecified atom stereocenters. The molecule has 3 nitrogen and oxygen atoms in total. The zero-order valence-electron chi connectivity index (χ0n) is 11.3. The molecule has 0 heterocycles. The van der Waals surface area contributed by atoms with Crippen molar-refractivity contribution < 1.29 is 9.47 Å². The highest BCUT2D eigenvalue weighted by Gasteiger charge is 2.18. The number of methoxy groups -OCH3 is 1. The summed E-state index contributed by atoms with van der Waals surface area (Å²) < 4.78 is 11.3. The van der Waals surface area contributed by atoms with Crippen molar-refractivity contribution in [1.29, 1.82) is 0 Å². The molecule has 0 radical (unpaired) electrons. The summed E-state index contributed by atoms with van der Waals surface area (Å²) in [6, 6.07) is 5.78. The number of benzene rings is 1. The van der Waals surface area contributed by atoms with E-state index in [1.807, 2.05) is 25.1 Å². The van der Waals surface area contributed by atoms with E-state index in [-0.39, 0.29) is 6.04 Å². The van der Waals surface area contributed by atoms with E-state index >= 15 is 0 Å². The second-order valence-corrected chi connectivity index (χ2v) is 5.12. The van der Waals surface area contributed by atoms with E-state index in [0.29, 0.717) is 5.92 Å². The quantitative estimate of drug-likeness (QED) is 0.871. The number of ether oxygens (including phenoxy) is 2. The van der Waals surface area contributed by atoms with Crippen LogP contribution in [0.1, 0.15) is 44.2 Å². The topological polar surface area (TPSA) is 44.5 Å². The Labute approximate surface area is 109 Å². The van der Waals surface area contributed by atoms with Crippen LogP contribution in [-0.4, -0.2) is 13.7 Å². The van der Waals surface area contributed by atoms with Crippen LogP contribution in [0.3, 0.4) is 0 Å². The van der Waals surface area contributed by atoms with Crippen molar-refractivity contribution in [3.8, 4) is 11.5 Å². The molecule has 2 N–H and O–H groups in total. The third-order valence-corrected chi connectivity index (χ3v) is 3.65. The molecule has 2 rings (SSSR count). The molecule has 1 aliphatic rings. The van der Waals surface area contributed by atoms with Gasteiger partial charge in [-0.1, -0.05) is 18.9 Å². The van der Waals surface area contributed by atoms with Crippen LogP contribution in [0.15, 0.2) is 18.2 Å². The van der Waals surface area contributed by atoms with Gasteiger partial charge in [0.15, 0.2) is 0 Å². The lowest BCUT2D eigenvalue weighted by molar-refractivity contribution is 0.247. The Balaban J connectivity index is 2.10. The average Bonchev–Trinajstić information content (AvgIpc) is 2.88. The van der Waals surface area contributed by atoms with Gasteiger partial charge in [0, 0.05) is 6.04 Å². The van der Waals surface area contributed by atoms with E-state index in [4.69, 9.17) is 15.2 Å². The second kappa shape index (κ2) is 6.10. The minimum atomic E-state index is -0.0836. The van der Waals surface area contributed by atoms with Crippen LogP contribution in [-0.2, 0) is 0 Å². The molecule has 1 fully saturated rings. The van der Waals surface area contributed by atoms with Gasteiger partial charge in [-0.3, -0.25) is 0 Å². The van der Waals surface area contributed by atoms with E-state index in [1.165, 1.54) is 25.7 Å². The number of hydrogen-bond donors (Lipinski definition) is 1. The summed E-state index contributed by atoms with van der Waals surface area (Å²) in [5, 5.41) is 0. The first-order chi connectivity index (χ1) is 8.72. The molecule has 1 aromatic carbocycles. The Morgan fingerprint density at radius 2 is 1.94 bits per heavy atom. The van der Waals surface area contributed by atoms with Gasteiger partial charge in [-0.15, -0.1) is 0 Å². The van der Waals surface area contributed by atoms with Gasteiger partial charge in [-0.25, -0.2) is 0 Å². The number of nitrogens with two attached hydrogens (primary N) is 1. The molecule has 0 aromatic heterocycles. The molecule has 1 saturated carbocycles. The fourth-order valence-corrected chi connectivity index (χ4v) is 2.66. The van der Waals surface area contributed by atoms with E-state index in [0.717, 1.165) is 23.7 Å². The Morgan fingerprint density at radius 3 is 2.56 bits per heavy atom. The van der Waals surface area contributed by atoms with E-state index in [1.54, 1.807) is 7.11 Å². The first-order valence-electron chi connectivity index (χ1n) is 6.77. The van der Waals surface area contributed by atoms with Crippen molar-refractivity contribution in [3.05, 3.63) is 23.8 Å². The average molecular weight is 249 g/mol. The highest BCUT2D eigenvalue weighted by Crippen LogP contribution is 2.34. The monoisotopic (exact) mass is 249 g/mol. The van der Waals surface area contributed by atoms with Crippen molar-refractivity contribution in [3.63, 3.8) is 0 Å². The Hall–Kier alpha value is -1.22. The highest BCUT2D eigenvalue weighted by atomic mass is 16.5.